The van der Waals surface area contributed by atoms with Gasteiger partial charge in [-0.2, -0.15) is 4.98 Å². The number of carbonyl (C=O) groups excluding carboxylic acids is 2. The van der Waals surface area contributed by atoms with E-state index in [-0.39, 0.29) is 11.7 Å². The molecule has 0 unspecified atom stereocenters. The molecule has 14 heavy (non-hydrogen) atoms. The summed E-state index contributed by atoms with van der Waals surface area (Å²) in [6.45, 7) is 1.12. The van der Waals surface area contributed by atoms with Crippen LogP contribution in [0.25, 0.3) is 0 Å². The van der Waals surface area contributed by atoms with E-state index in [2.05, 4.69) is 19.5 Å². The third-order valence-corrected chi connectivity index (χ3v) is 1.11. The highest BCUT2D eigenvalue weighted by atomic mass is 16.7. The third-order valence-electron chi connectivity index (χ3n) is 1.11. The highest BCUT2D eigenvalue weighted by Crippen LogP contribution is 1.93. The largest absolute Gasteiger partial charge is 0.368 e. The Morgan fingerprint density at radius 2 is 2.36 bits per heavy atom. The van der Waals surface area contributed by atoms with Crippen LogP contribution in [0, 0.1) is 6.92 Å². The molecular formula is C6H8N4O4. The van der Waals surface area contributed by atoms with Crippen LogP contribution >= 0.6 is 0 Å². The molecule has 0 aliphatic rings. The van der Waals surface area contributed by atoms with Crippen molar-refractivity contribution in [2.75, 3.05) is 6.61 Å². The van der Waals surface area contributed by atoms with E-state index in [1.807, 2.05) is 5.48 Å². The van der Waals surface area contributed by atoms with Gasteiger partial charge in [-0.05, 0) is 0 Å². The molecule has 2 amide bonds. The van der Waals surface area contributed by atoms with Crippen molar-refractivity contribution in [3.63, 3.8) is 0 Å². The molecule has 0 radical (unpaired) electrons. The van der Waals surface area contributed by atoms with Gasteiger partial charge in [0, 0.05) is 6.92 Å². The fourth-order valence-electron chi connectivity index (χ4n) is 0.610. The second-order valence-corrected chi connectivity index (χ2v) is 2.32. The molecule has 1 aromatic heterocycles. The summed E-state index contributed by atoms with van der Waals surface area (Å²) in [4.78, 5) is 29.3. The summed E-state index contributed by atoms with van der Waals surface area (Å²) < 4.78 is 4.54. The molecule has 1 aromatic rings. The molecule has 3 N–H and O–H groups in total. The van der Waals surface area contributed by atoms with Gasteiger partial charge in [0.1, 0.15) is 0 Å². The zero-order valence-electron chi connectivity index (χ0n) is 7.31. The molecule has 0 fully saturated rings. The summed E-state index contributed by atoms with van der Waals surface area (Å²) in [5.74, 6) is -1.32. The maximum absolute atomic E-state index is 11.1. The lowest BCUT2D eigenvalue weighted by Gasteiger charge is -1.99. The predicted octanol–water partition coefficient (Wildman–Crippen LogP) is -1.48. The van der Waals surface area contributed by atoms with Crippen molar-refractivity contribution in [1.29, 1.82) is 0 Å². The van der Waals surface area contributed by atoms with Gasteiger partial charge in [-0.15, -0.1) is 0 Å². The van der Waals surface area contributed by atoms with Crippen LogP contribution in [0.1, 0.15) is 16.5 Å². The normalized spacial score (nSPS) is 9.79. The summed E-state index contributed by atoms with van der Waals surface area (Å²) in [7, 11) is 0. The lowest BCUT2D eigenvalue weighted by molar-refractivity contribution is -0.124. The van der Waals surface area contributed by atoms with E-state index < -0.39 is 18.4 Å². The number of carbonyl (C=O) groups is 2. The Labute approximate surface area is 78.4 Å². The summed E-state index contributed by atoms with van der Waals surface area (Å²) in [5, 5.41) is 3.32. The van der Waals surface area contributed by atoms with Crippen molar-refractivity contribution in [3.05, 3.63) is 11.7 Å². The van der Waals surface area contributed by atoms with E-state index in [4.69, 9.17) is 5.73 Å². The summed E-state index contributed by atoms with van der Waals surface area (Å²) in [6.07, 6.45) is 0. The van der Waals surface area contributed by atoms with E-state index in [0.29, 0.717) is 0 Å². The Hall–Kier alpha value is -1.96. The Morgan fingerprint density at radius 1 is 1.64 bits per heavy atom. The monoisotopic (exact) mass is 200 g/mol. The maximum Gasteiger partial charge on any atom is 0.316 e. The standard InChI is InChI=1S/C6H8N4O4/c1-3-8-5(9-14-3)6(12)10-13-2-4(7)11/h2H2,1H3,(H2,7,11)(H,10,12). The fraction of sp³-hybridized carbons (Fsp3) is 0.333. The van der Waals surface area contributed by atoms with Crippen molar-refractivity contribution in [3.8, 4) is 0 Å². The molecule has 8 heteroatoms. The van der Waals surface area contributed by atoms with Crippen LogP contribution in [0.15, 0.2) is 4.52 Å². The number of rotatable bonds is 4. The summed E-state index contributed by atoms with van der Waals surface area (Å²) in [5.41, 5.74) is 6.68. The molecule has 0 aliphatic heterocycles. The molecule has 1 rings (SSSR count). The lowest BCUT2D eigenvalue weighted by atomic mass is 10.6. The Bertz CT molecular complexity index is 347. The molecule has 0 saturated heterocycles. The molecule has 76 valence electrons. The average molecular weight is 200 g/mol. The molecular weight excluding hydrogens is 192 g/mol. The van der Waals surface area contributed by atoms with Crippen LogP contribution in [0.5, 0.6) is 0 Å². The number of hydrogen-bond acceptors (Lipinski definition) is 6. The van der Waals surface area contributed by atoms with E-state index in [1.54, 1.807) is 0 Å². The van der Waals surface area contributed by atoms with Gasteiger partial charge in [0.05, 0.1) is 0 Å². The minimum absolute atomic E-state index is 0.174. The minimum Gasteiger partial charge on any atom is -0.368 e. The van der Waals surface area contributed by atoms with E-state index >= 15 is 0 Å². The van der Waals surface area contributed by atoms with Crippen LogP contribution < -0.4 is 11.2 Å². The average Bonchev–Trinajstić information content (AvgIpc) is 2.51. The summed E-state index contributed by atoms with van der Waals surface area (Å²) >= 11 is 0. The number of nitrogens with zero attached hydrogens (tertiary/aromatic N) is 2. The number of hydrogen-bond donors (Lipinski definition) is 2. The van der Waals surface area contributed by atoms with Crippen molar-refractivity contribution in [1.82, 2.24) is 15.6 Å². The molecule has 8 nitrogen and oxygen atoms in total. The number of primary amides is 1. The molecule has 0 aliphatic carbocycles. The lowest BCUT2D eigenvalue weighted by Crippen LogP contribution is -2.30. The third kappa shape index (κ3) is 2.83. The SMILES string of the molecule is Cc1nc(C(=O)NOCC(N)=O)no1. The number of nitrogens with two attached hydrogens (primary N) is 1. The predicted molar refractivity (Wildman–Crippen MR) is 41.6 cm³/mol. The fourth-order valence-corrected chi connectivity index (χ4v) is 0.610. The first-order valence-corrected chi connectivity index (χ1v) is 3.60. The van der Waals surface area contributed by atoms with E-state index in [9.17, 15) is 9.59 Å². The van der Waals surface area contributed by atoms with Gasteiger partial charge in [0.2, 0.25) is 11.8 Å². The Balaban J connectivity index is 2.39. The van der Waals surface area contributed by atoms with Crippen LogP contribution in [-0.2, 0) is 9.63 Å². The van der Waals surface area contributed by atoms with Crippen molar-refractivity contribution >= 4 is 11.8 Å². The van der Waals surface area contributed by atoms with E-state index in [0.717, 1.165) is 0 Å². The van der Waals surface area contributed by atoms with Crippen LogP contribution in [0.2, 0.25) is 0 Å². The summed E-state index contributed by atoms with van der Waals surface area (Å²) in [6, 6.07) is 0. The maximum atomic E-state index is 11.1. The van der Waals surface area contributed by atoms with Crippen molar-refractivity contribution in [2.45, 2.75) is 6.92 Å². The molecule has 0 spiro atoms. The van der Waals surface area contributed by atoms with Gasteiger partial charge in [0.15, 0.2) is 6.61 Å². The first kappa shape index (κ1) is 10.1. The van der Waals surface area contributed by atoms with E-state index in [1.165, 1.54) is 6.92 Å². The highest BCUT2D eigenvalue weighted by molar-refractivity contribution is 5.89. The van der Waals surface area contributed by atoms with Crippen LogP contribution in [-0.4, -0.2) is 28.6 Å². The van der Waals surface area contributed by atoms with Gasteiger partial charge < -0.3 is 10.3 Å². The zero-order chi connectivity index (χ0) is 10.6. The number of aryl methyl sites for hydroxylation is 1. The number of nitrogens with one attached hydrogen (secondary N) is 1. The Kier molecular flexibility index (Phi) is 3.13. The molecule has 0 bridgehead atoms. The zero-order valence-corrected chi connectivity index (χ0v) is 7.31. The second kappa shape index (κ2) is 4.33. The van der Waals surface area contributed by atoms with Crippen molar-refractivity contribution in [2.24, 2.45) is 5.73 Å². The van der Waals surface area contributed by atoms with Crippen LogP contribution in [0.4, 0.5) is 0 Å². The minimum atomic E-state index is -0.705. The number of aromatic nitrogens is 2. The van der Waals surface area contributed by atoms with Gasteiger partial charge in [-0.1, -0.05) is 5.16 Å². The molecule has 0 saturated carbocycles. The van der Waals surface area contributed by atoms with Crippen LogP contribution in [0.3, 0.4) is 0 Å². The van der Waals surface area contributed by atoms with Gasteiger partial charge in [0.25, 0.3) is 5.82 Å². The first-order chi connectivity index (χ1) is 6.59. The highest BCUT2D eigenvalue weighted by Gasteiger charge is 2.12. The van der Waals surface area contributed by atoms with Crippen molar-refractivity contribution < 1.29 is 18.9 Å². The van der Waals surface area contributed by atoms with Gasteiger partial charge >= 0.3 is 5.91 Å². The topological polar surface area (TPSA) is 120 Å². The molecule has 0 aromatic carbocycles. The number of hydroxylamine groups is 1. The first-order valence-electron chi connectivity index (χ1n) is 3.60. The Morgan fingerprint density at radius 3 is 2.86 bits per heavy atom. The smallest absolute Gasteiger partial charge is 0.316 e. The number of amides is 2. The van der Waals surface area contributed by atoms with Gasteiger partial charge in [-0.25, -0.2) is 5.48 Å². The molecule has 1 heterocycles. The molecule has 0 atom stereocenters. The van der Waals surface area contributed by atoms with Gasteiger partial charge in [-0.3, -0.25) is 14.4 Å². The second-order valence-electron chi connectivity index (χ2n) is 2.32. The quantitative estimate of drug-likeness (QED) is 0.572.